The number of carbonyl (C=O) groups is 1. The highest BCUT2D eigenvalue weighted by atomic mass is 16.4. The summed E-state index contributed by atoms with van der Waals surface area (Å²) in [6, 6.07) is 19.7. The van der Waals surface area contributed by atoms with Gasteiger partial charge in [-0.1, -0.05) is 61.5 Å². The third-order valence-corrected chi connectivity index (χ3v) is 5.38. The quantitative estimate of drug-likeness (QED) is 0.444. The monoisotopic (exact) mass is 411 g/mol. The van der Waals surface area contributed by atoms with Gasteiger partial charge in [-0.05, 0) is 47.7 Å². The molecule has 0 saturated carbocycles. The van der Waals surface area contributed by atoms with E-state index in [0.717, 1.165) is 51.4 Å². The summed E-state index contributed by atoms with van der Waals surface area (Å²) >= 11 is 0. The van der Waals surface area contributed by atoms with Crippen LogP contribution in [0.15, 0.2) is 66.7 Å². The first-order valence-corrected chi connectivity index (χ1v) is 10.4. The number of aliphatic carboxylic acids is 1. The van der Waals surface area contributed by atoms with Gasteiger partial charge in [0.15, 0.2) is 5.65 Å². The smallest absolute Gasteiger partial charge is 0.328 e. The van der Waals surface area contributed by atoms with Crippen LogP contribution in [0.2, 0.25) is 0 Å². The predicted molar refractivity (Wildman–Crippen MR) is 123 cm³/mol. The SMILES string of the molecule is CCc1nc2c(C)cc(C)nc2n1Cc1ccc(C(=CC(=O)O)c2ccccc2)cc1. The molecular formula is C26H25N3O2. The molecule has 156 valence electrons. The van der Waals surface area contributed by atoms with Crippen LogP contribution >= 0.6 is 0 Å². The second kappa shape index (κ2) is 8.56. The second-order valence-corrected chi connectivity index (χ2v) is 7.68. The van der Waals surface area contributed by atoms with Gasteiger partial charge in [0.1, 0.15) is 11.3 Å². The maximum atomic E-state index is 11.4. The molecule has 4 aromatic rings. The third-order valence-electron chi connectivity index (χ3n) is 5.38. The minimum absolute atomic E-state index is 0.666. The summed E-state index contributed by atoms with van der Waals surface area (Å²) in [5.41, 5.74) is 7.53. The van der Waals surface area contributed by atoms with Crippen LogP contribution in [0.5, 0.6) is 0 Å². The summed E-state index contributed by atoms with van der Waals surface area (Å²) in [4.78, 5) is 20.9. The molecule has 0 aliphatic carbocycles. The highest BCUT2D eigenvalue weighted by Crippen LogP contribution is 2.25. The number of rotatable bonds is 6. The highest BCUT2D eigenvalue weighted by molar-refractivity contribution is 5.95. The molecule has 0 aliphatic heterocycles. The van der Waals surface area contributed by atoms with E-state index in [0.29, 0.717) is 12.1 Å². The topological polar surface area (TPSA) is 68.0 Å². The van der Waals surface area contributed by atoms with E-state index in [1.807, 2.05) is 61.5 Å². The van der Waals surface area contributed by atoms with E-state index in [1.165, 1.54) is 6.08 Å². The molecule has 2 aromatic carbocycles. The third kappa shape index (κ3) is 4.26. The minimum atomic E-state index is -0.961. The van der Waals surface area contributed by atoms with Crippen molar-refractivity contribution >= 4 is 22.7 Å². The first-order valence-electron chi connectivity index (χ1n) is 10.4. The number of carboxylic acid groups (broad SMARTS) is 1. The number of aromatic nitrogens is 3. The number of imidazole rings is 1. The van der Waals surface area contributed by atoms with Gasteiger partial charge < -0.3 is 9.67 Å². The molecule has 0 aliphatic rings. The number of aryl methyl sites for hydroxylation is 3. The molecule has 0 bridgehead atoms. The van der Waals surface area contributed by atoms with E-state index in [4.69, 9.17) is 9.97 Å². The first-order chi connectivity index (χ1) is 15.0. The number of pyridine rings is 1. The summed E-state index contributed by atoms with van der Waals surface area (Å²) < 4.78 is 2.18. The number of carboxylic acids is 1. The Morgan fingerprint density at radius 1 is 1.00 bits per heavy atom. The van der Waals surface area contributed by atoms with Crippen LogP contribution in [0.1, 0.15) is 40.7 Å². The Bertz CT molecular complexity index is 1270. The van der Waals surface area contributed by atoms with Crippen LogP contribution in [0.3, 0.4) is 0 Å². The lowest BCUT2D eigenvalue weighted by atomic mass is 9.96. The maximum absolute atomic E-state index is 11.4. The molecule has 0 amide bonds. The van der Waals surface area contributed by atoms with E-state index in [-0.39, 0.29) is 0 Å². The molecule has 5 nitrogen and oxygen atoms in total. The van der Waals surface area contributed by atoms with Crippen molar-refractivity contribution in [3.05, 3.63) is 101 Å². The molecular weight excluding hydrogens is 386 g/mol. The van der Waals surface area contributed by atoms with Crippen molar-refractivity contribution in [3.8, 4) is 0 Å². The lowest BCUT2D eigenvalue weighted by molar-refractivity contribution is -0.131. The normalized spacial score (nSPS) is 11.8. The molecule has 1 N–H and O–H groups in total. The van der Waals surface area contributed by atoms with Gasteiger partial charge in [-0.15, -0.1) is 0 Å². The Labute approximate surface area is 181 Å². The van der Waals surface area contributed by atoms with Crippen molar-refractivity contribution in [2.24, 2.45) is 0 Å². The Kier molecular flexibility index (Phi) is 5.67. The zero-order chi connectivity index (χ0) is 22.0. The van der Waals surface area contributed by atoms with Crippen molar-refractivity contribution in [1.29, 1.82) is 0 Å². The Hall–Kier alpha value is -3.73. The van der Waals surface area contributed by atoms with Crippen LogP contribution in [0.4, 0.5) is 0 Å². The lowest BCUT2D eigenvalue weighted by Gasteiger charge is -2.11. The predicted octanol–water partition coefficient (Wildman–Crippen LogP) is 5.18. The van der Waals surface area contributed by atoms with Crippen molar-refractivity contribution in [3.63, 3.8) is 0 Å². The summed E-state index contributed by atoms with van der Waals surface area (Å²) in [6.07, 6.45) is 2.09. The van der Waals surface area contributed by atoms with Crippen LogP contribution in [-0.4, -0.2) is 25.6 Å². The number of hydrogen-bond acceptors (Lipinski definition) is 3. The van der Waals surface area contributed by atoms with Gasteiger partial charge in [0.05, 0.1) is 6.54 Å². The molecule has 0 saturated heterocycles. The second-order valence-electron chi connectivity index (χ2n) is 7.68. The van der Waals surface area contributed by atoms with Crippen molar-refractivity contribution in [2.75, 3.05) is 0 Å². The molecule has 2 heterocycles. The molecule has 4 rings (SSSR count). The lowest BCUT2D eigenvalue weighted by Crippen LogP contribution is -2.06. The summed E-state index contributed by atoms with van der Waals surface area (Å²) in [5.74, 6) is 0.0493. The minimum Gasteiger partial charge on any atom is -0.478 e. The van der Waals surface area contributed by atoms with Crippen LogP contribution in [0.25, 0.3) is 16.7 Å². The fourth-order valence-corrected chi connectivity index (χ4v) is 3.93. The van der Waals surface area contributed by atoms with Crippen molar-refractivity contribution in [1.82, 2.24) is 14.5 Å². The highest BCUT2D eigenvalue weighted by Gasteiger charge is 2.14. The number of nitrogens with zero attached hydrogens (tertiary/aromatic N) is 3. The molecule has 2 aromatic heterocycles. The van der Waals surface area contributed by atoms with Crippen LogP contribution in [-0.2, 0) is 17.8 Å². The van der Waals surface area contributed by atoms with Crippen molar-refractivity contribution in [2.45, 2.75) is 33.7 Å². The summed E-state index contributed by atoms with van der Waals surface area (Å²) in [6.45, 7) is 6.84. The Balaban J connectivity index is 1.70. The van der Waals surface area contributed by atoms with E-state index in [1.54, 1.807) is 0 Å². The van der Waals surface area contributed by atoms with Gasteiger partial charge in [0.2, 0.25) is 0 Å². The molecule has 0 unspecified atom stereocenters. The van der Waals surface area contributed by atoms with Gasteiger partial charge >= 0.3 is 5.97 Å². The molecule has 0 fully saturated rings. The summed E-state index contributed by atoms with van der Waals surface area (Å²) in [5, 5.41) is 9.34. The maximum Gasteiger partial charge on any atom is 0.328 e. The molecule has 5 heteroatoms. The summed E-state index contributed by atoms with van der Waals surface area (Å²) in [7, 11) is 0. The fourth-order valence-electron chi connectivity index (χ4n) is 3.93. The molecule has 0 radical (unpaired) electrons. The number of hydrogen-bond donors (Lipinski definition) is 1. The van der Waals surface area contributed by atoms with Gasteiger partial charge in [-0.3, -0.25) is 0 Å². The molecule has 0 spiro atoms. The van der Waals surface area contributed by atoms with Gasteiger partial charge in [-0.25, -0.2) is 14.8 Å². The zero-order valence-corrected chi connectivity index (χ0v) is 18.0. The molecule has 0 atom stereocenters. The van der Waals surface area contributed by atoms with E-state index in [2.05, 4.69) is 24.5 Å². The Morgan fingerprint density at radius 3 is 2.32 bits per heavy atom. The fraction of sp³-hybridized carbons (Fsp3) is 0.192. The van der Waals surface area contributed by atoms with Gasteiger partial charge in [0.25, 0.3) is 0 Å². The first kappa shape index (κ1) is 20.5. The van der Waals surface area contributed by atoms with Crippen LogP contribution < -0.4 is 0 Å². The molecule has 31 heavy (non-hydrogen) atoms. The van der Waals surface area contributed by atoms with Gasteiger partial charge in [-0.2, -0.15) is 0 Å². The number of benzene rings is 2. The van der Waals surface area contributed by atoms with E-state index in [9.17, 15) is 9.90 Å². The standard InChI is InChI=1S/C26H25N3O2/c1-4-23-28-25-17(2)14-18(3)27-26(25)29(23)16-19-10-12-21(13-11-19)22(15-24(30)31)20-8-6-5-7-9-20/h5-15H,4,16H2,1-3H3,(H,30,31). The van der Waals surface area contributed by atoms with Gasteiger partial charge in [0, 0.05) is 18.2 Å². The van der Waals surface area contributed by atoms with E-state index >= 15 is 0 Å². The average molecular weight is 412 g/mol. The zero-order valence-electron chi connectivity index (χ0n) is 18.0. The average Bonchev–Trinajstić information content (AvgIpc) is 3.11. The largest absolute Gasteiger partial charge is 0.478 e. The van der Waals surface area contributed by atoms with Crippen molar-refractivity contribution < 1.29 is 9.90 Å². The number of fused-ring (bicyclic) bond motifs is 1. The van der Waals surface area contributed by atoms with E-state index < -0.39 is 5.97 Å². The van der Waals surface area contributed by atoms with Crippen LogP contribution in [0, 0.1) is 13.8 Å². The Morgan fingerprint density at radius 2 is 1.68 bits per heavy atom.